The van der Waals surface area contributed by atoms with Crippen LogP contribution in [0.1, 0.15) is 119 Å². The van der Waals surface area contributed by atoms with Crippen molar-refractivity contribution in [2.75, 3.05) is 61.5 Å². The van der Waals surface area contributed by atoms with E-state index in [0.29, 0.717) is 58.8 Å². The molecule has 2 aliphatic carbocycles. The molecule has 5 rings (SSSR count). The van der Waals surface area contributed by atoms with E-state index in [1.807, 2.05) is 71.3 Å². The molecule has 0 spiro atoms. The standard InChI is InChI=1S/C46H68N6O6/c1-30(2)35-28-33(43(54)51(9)24-14-23-50(8)22-13-21-47-7)17-18-37(35)52-38(41-39(56-10)15-12-16-40(41)57-11)29-36(49-52)42(53)48-46(44(55)58-45(4,5)6)20-19-32-25-31(3)26-34(46)27-32/h12,15-18,28-32,34,47H,13-14,19-27H2,1-11H3,(H,48,53). The molecule has 0 saturated heterocycles. The molecular formula is C46H68N6O6. The lowest BCUT2D eigenvalue weighted by atomic mass is 9.60. The third-order valence-electron chi connectivity index (χ3n) is 11.9. The molecule has 2 N–H and O–H groups in total. The van der Waals surface area contributed by atoms with Crippen LogP contribution in [0.2, 0.25) is 0 Å². The lowest BCUT2D eigenvalue weighted by molar-refractivity contribution is -0.169. The summed E-state index contributed by atoms with van der Waals surface area (Å²) in [6.07, 6.45) is 6.13. The minimum absolute atomic E-state index is 0.00730. The van der Waals surface area contributed by atoms with Gasteiger partial charge < -0.3 is 34.6 Å². The van der Waals surface area contributed by atoms with E-state index in [1.54, 1.807) is 29.9 Å². The fourth-order valence-corrected chi connectivity index (χ4v) is 8.98. The maximum Gasteiger partial charge on any atom is 0.332 e. The zero-order valence-electron chi connectivity index (χ0n) is 36.9. The van der Waals surface area contributed by atoms with Gasteiger partial charge in [-0.25, -0.2) is 9.48 Å². The zero-order valence-corrected chi connectivity index (χ0v) is 36.9. The molecule has 4 atom stereocenters. The van der Waals surface area contributed by atoms with Crippen LogP contribution in [-0.4, -0.2) is 110 Å². The molecule has 0 radical (unpaired) electrons. The van der Waals surface area contributed by atoms with Crippen LogP contribution in [0.4, 0.5) is 0 Å². The van der Waals surface area contributed by atoms with E-state index in [0.717, 1.165) is 63.7 Å². The van der Waals surface area contributed by atoms with Crippen LogP contribution in [0, 0.1) is 17.8 Å². The molecule has 1 heterocycles. The number of rotatable bonds is 17. The minimum atomic E-state index is -1.18. The highest BCUT2D eigenvalue weighted by atomic mass is 16.6. The first-order chi connectivity index (χ1) is 27.5. The average molecular weight is 801 g/mol. The molecule has 12 heteroatoms. The molecule has 2 bridgehead atoms. The summed E-state index contributed by atoms with van der Waals surface area (Å²) in [4.78, 5) is 46.8. The molecule has 0 aliphatic heterocycles. The first-order valence-corrected chi connectivity index (χ1v) is 21.1. The number of amides is 2. The second kappa shape index (κ2) is 19.1. The van der Waals surface area contributed by atoms with Crippen LogP contribution >= 0.6 is 0 Å². The molecule has 1 aromatic heterocycles. The van der Waals surface area contributed by atoms with E-state index in [2.05, 4.69) is 43.4 Å². The number of methoxy groups -OCH3 is 2. The molecule has 2 aromatic carbocycles. The van der Waals surface area contributed by atoms with Gasteiger partial charge in [-0.2, -0.15) is 5.10 Å². The smallest absolute Gasteiger partial charge is 0.332 e. The Kier molecular flexibility index (Phi) is 14.7. The highest BCUT2D eigenvalue weighted by Crippen LogP contribution is 2.49. The quantitative estimate of drug-likeness (QED) is 0.107. The van der Waals surface area contributed by atoms with Crippen molar-refractivity contribution >= 4 is 17.8 Å². The molecular weight excluding hydrogens is 733 g/mol. The molecule has 2 saturated carbocycles. The second-order valence-corrected chi connectivity index (χ2v) is 18.0. The van der Waals surface area contributed by atoms with Crippen LogP contribution in [0.25, 0.3) is 16.9 Å². The van der Waals surface area contributed by atoms with Crippen molar-refractivity contribution in [3.8, 4) is 28.4 Å². The normalized spacial score (nSPS) is 20.5. The minimum Gasteiger partial charge on any atom is -0.496 e. The fourth-order valence-electron chi connectivity index (χ4n) is 8.98. The topological polar surface area (TPSA) is 127 Å². The molecule has 4 unspecified atom stereocenters. The Hall–Kier alpha value is -4.42. The molecule has 12 nitrogen and oxygen atoms in total. The lowest BCUT2D eigenvalue weighted by Gasteiger charge is -2.50. The number of fused-ring (bicyclic) bond motifs is 2. The first kappa shape index (κ1) is 44.7. The Morgan fingerprint density at radius 3 is 2.29 bits per heavy atom. The van der Waals surface area contributed by atoms with Gasteiger partial charge in [0.1, 0.15) is 22.6 Å². The Morgan fingerprint density at radius 1 is 0.966 bits per heavy atom. The van der Waals surface area contributed by atoms with Crippen molar-refractivity contribution in [1.29, 1.82) is 0 Å². The van der Waals surface area contributed by atoms with Crippen molar-refractivity contribution in [3.63, 3.8) is 0 Å². The van der Waals surface area contributed by atoms with Crippen LogP contribution in [0.5, 0.6) is 11.5 Å². The van der Waals surface area contributed by atoms with E-state index in [4.69, 9.17) is 19.3 Å². The van der Waals surface area contributed by atoms with Gasteiger partial charge in [-0.3, -0.25) is 9.59 Å². The summed E-state index contributed by atoms with van der Waals surface area (Å²) in [5.41, 5.74) is 1.60. The van der Waals surface area contributed by atoms with Gasteiger partial charge in [0, 0.05) is 19.2 Å². The average Bonchev–Trinajstić information content (AvgIpc) is 3.62. The number of carbonyl (C=O) groups excluding carboxylic acids is 3. The Bertz CT molecular complexity index is 1880. The Balaban J connectivity index is 1.54. The van der Waals surface area contributed by atoms with Gasteiger partial charge in [0.05, 0.1) is 31.2 Å². The summed E-state index contributed by atoms with van der Waals surface area (Å²) in [6.45, 7) is 15.5. The summed E-state index contributed by atoms with van der Waals surface area (Å²) < 4.78 is 19.5. The van der Waals surface area contributed by atoms with Crippen molar-refractivity contribution in [3.05, 3.63) is 59.3 Å². The van der Waals surface area contributed by atoms with Gasteiger partial charge >= 0.3 is 5.97 Å². The van der Waals surface area contributed by atoms with Crippen molar-refractivity contribution < 1.29 is 28.6 Å². The number of aromatic nitrogens is 2. The van der Waals surface area contributed by atoms with Gasteiger partial charge in [-0.05, 0) is 165 Å². The highest BCUT2D eigenvalue weighted by Gasteiger charge is 2.54. The van der Waals surface area contributed by atoms with E-state index in [1.165, 1.54) is 0 Å². The van der Waals surface area contributed by atoms with Crippen LogP contribution in [0.3, 0.4) is 0 Å². The van der Waals surface area contributed by atoms with Crippen molar-refractivity contribution in [2.45, 2.75) is 104 Å². The number of ether oxygens (including phenoxy) is 3. The molecule has 318 valence electrons. The third-order valence-corrected chi connectivity index (χ3v) is 11.9. The van der Waals surface area contributed by atoms with E-state index in [9.17, 15) is 14.4 Å². The second-order valence-electron chi connectivity index (χ2n) is 18.0. The van der Waals surface area contributed by atoms with Crippen molar-refractivity contribution in [2.24, 2.45) is 17.8 Å². The van der Waals surface area contributed by atoms with Gasteiger partial charge in [0.25, 0.3) is 11.8 Å². The van der Waals surface area contributed by atoms with Gasteiger partial charge in [0.2, 0.25) is 0 Å². The van der Waals surface area contributed by atoms with Gasteiger partial charge in [-0.1, -0.05) is 26.8 Å². The zero-order chi connectivity index (χ0) is 42.4. The monoisotopic (exact) mass is 801 g/mol. The van der Waals surface area contributed by atoms with Crippen molar-refractivity contribution in [1.82, 2.24) is 30.2 Å². The third kappa shape index (κ3) is 10.2. The predicted octanol–water partition coefficient (Wildman–Crippen LogP) is 7.34. The number of benzene rings is 2. The fraction of sp³-hybridized carbons (Fsp3) is 0.609. The van der Waals surface area contributed by atoms with Crippen LogP contribution in [-0.2, 0) is 9.53 Å². The summed E-state index contributed by atoms with van der Waals surface area (Å²) >= 11 is 0. The first-order valence-electron chi connectivity index (χ1n) is 21.1. The number of nitrogens with zero attached hydrogens (tertiary/aromatic N) is 4. The van der Waals surface area contributed by atoms with E-state index in [-0.39, 0.29) is 29.4 Å². The molecule has 3 aromatic rings. The van der Waals surface area contributed by atoms with E-state index < -0.39 is 17.0 Å². The highest BCUT2D eigenvalue weighted by molar-refractivity contribution is 5.98. The molecule has 2 amide bonds. The van der Waals surface area contributed by atoms with E-state index >= 15 is 0 Å². The Morgan fingerprint density at radius 2 is 1.66 bits per heavy atom. The lowest BCUT2D eigenvalue weighted by Crippen LogP contribution is -2.64. The number of hydrogen-bond acceptors (Lipinski definition) is 9. The predicted molar refractivity (Wildman–Crippen MR) is 229 cm³/mol. The maximum atomic E-state index is 14.7. The van der Waals surface area contributed by atoms with Crippen LogP contribution < -0.4 is 20.1 Å². The summed E-state index contributed by atoms with van der Waals surface area (Å²) in [6, 6.07) is 12.9. The maximum absolute atomic E-state index is 14.7. The SMILES string of the molecule is CNCCCN(C)CCCN(C)C(=O)c1ccc(-n2nc(C(=O)NC3(C(=O)OC(C)(C)C)CCC4CC(C)CC3C4)cc2-c2c(OC)cccc2OC)c(C(C)C)c1. The number of nitrogens with one attached hydrogen (secondary N) is 2. The summed E-state index contributed by atoms with van der Waals surface area (Å²) in [5, 5.41) is 11.4. The summed E-state index contributed by atoms with van der Waals surface area (Å²) in [5.74, 6) is 1.09. The molecule has 58 heavy (non-hydrogen) atoms. The number of carbonyl (C=O) groups is 3. The van der Waals surface area contributed by atoms with Crippen LogP contribution in [0.15, 0.2) is 42.5 Å². The van der Waals surface area contributed by atoms with Gasteiger partial charge in [0.15, 0.2) is 5.69 Å². The number of esters is 1. The molecule has 2 aliphatic rings. The number of hydrogen-bond donors (Lipinski definition) is 2. The van der Waals surface area contributed by atoms with Gasteiger partial charge in [-0.15, -0.1) is 0 Å². The summed E-state index contributed by atoms with van der Waals surface area (Å²) in [7, 11) is 9.12. The molecule has 2 fully saturated rings. The largest absolute Gasteiger partial charge is 0.496 e. The Labute approximate surface area is 346 Å².